The lowest BCUT2D eigenvalue weighted by atomic mass is 9.97. The van der Waals surface area contributed by atoms with Crippen molar-refractivity contribution in [3.63, 3.8) is 0 Å². The maximum Gasteiger partial charge on any atom is 0.0780 e. The topological polar surface area (TPSA) is 12.9 Å². The van der Waals surface area contributed by atoms with Gasteiger partial charge in [0.25, 0.3) is 0 Å². The minimum atomic E-state index is 1.06. The van der Waals surface area contributed by atoms with E-state index < -0.39 is 0 Å². The lowest BCUT2D eigenvalue weighted by molar-refractivity contribution is 1.43. The molecule has 4 rings (SSSR count). The molecule has 21 heavy (non-hydrogen) atoms. The molecule has 0 aliphatic heterocycles. The number of hydrogen-bond acceptors (Lipinski definition) is 1. The summed E-state index contributed by atoms with van der Waals surface area (Å²) in [6.07, 6.45) is 1.85. The Morgan fingerprint density at radius 3 is 2.57 bits per heavy atom. The van der Waals surface area contributed by atoms with Gasteiger partial charge in [0, 0.05) is 21.4 Å². The molecule has 0 spiro atoms. The van der Waals surface area contributed by atoms with Crippen LogP contribution in [0.1, 0.15) is 0 Å². The van der Waals surface area contributed by atoms with Crippen LogP contribution in [0.15, 0.2) is 77.4 Å². The van der Waals surface area contributed by atoms with Crippen molar-refractivity contribution < 1.29 is 0 Å². The first-order valence-electron chi connectivity index (χ1n) is 6.85. The van der Waals surface area contributed by atoms with Crippen LogP contribution in [0.2, 0.25) is 0 Å². The van der Waals surface area contributed by atoms with Crippen molar-refractivity contribution in [2.45, 2.75) is 0 Å². The summed E-state index contributed by atoms with van der Waals surface area (Å²) in [6, 6.07) is 23.2. The van der Waals surface area contributed by atoms with Crippen molar-refractivity contribution in [3.05, 3.63) is 77.4 Å². The molecule has 100 valence electrons. The monoisotopic (exact) mass is 333 g/mol. The van der Waals surface area contributed by atoms with Gasteiger partial charge in [0.1, 0.15) is 0 Å². The van der Waals surface area contributed by atoms with Crippen molar-refractivity contribution in [2.75, 3.05) is 0 Å². The second-order valence-electron chi connectivity index (χ2n) is 5.05. The molecule has 1 heterocycles. The van der Waals surface area contributed by atoms with Gasteiger partial charge in [0.05, 0.1) is 5.52 Å². The Hall–Kier alpha value is -2.19. The summed E-state index contributed by atoms with van der Waals surface area (Å²) in [5.41, 5.74) is 3.51. The van der Waals surface area contributed by atoms with Gasteiger partial charge in [-0.25, -0.2) is 0 Å². The van der Waals surface area contributed by atoms with Crippen molar-refractivity contribution in [3.8, 4) is 11.1 Å². The molecule has 0 fully saturated rings. The van der Waals surface area contributed by atoms with Crippen LogP contribution in [0, 0.1) is 0 Å². The Kier molecular flexibility index (Phi) is 2.97. The maximum atomic E-state index is 4.55. The van der Waals surface area contributed by atoms with Gasteiger partial charge in [-0.05, 0) is 34.7 Å². The SMILES string of the molecule is Brc1cccc(-c2cccc3c2ccc2cccnc23)c1. The van der Waals surface area contributed by atoms with E-state index >= 15 is 0 Å². The molecule has 0 atom stereocenters. The number of benzene rings is 3. The Morgan fingerprint density at radius 2 is 1.67 bits per heavy atom. The first kappa shape index (κ1) is 12.5. The molecule has 0 saturated heterocycles. The number of nitrogens with zero attached hydrogens (tertiary/aromatic N) is 1. The predicted octanol–water partition coefficient (Wildman–Crippen LogP) is 5.82. The number of pyridine rings is 1. The lowest BCUT2D eigenvalue weighted by Gasteiger charge is -2.09. The van der Waals surface area contributed by atoms with Crippen LogP contribution in [0.3, 0.4) is 0 Å². The van der Waals surface area contributed by atoms with E-state index in [4.69, 9.17) is 0 Å². The van der Waals surface area contributed by atoms with E-state index in [9.17, 15) is 0 Å². The fraction of sp³-hybridized carbons (Fsp3) is 0. The van der Waals surface area contributed by atoms with Gasteiger partial charge in [-0.15, -0.1) is 0 Å². The summed E-state index contributed by atoms with van der Waals surface area (Å²) in [5, 5.41) is 3.61. The molecular formula is C19H12BrN. The third-order valence-corrected chi connectivity index (χ3v) is 4.26. The van der Waals surface area contributed by atoms with Gasteiger partial charge < -0.3 is 0 Å². The van der Waals surface area contributed by atoms with E-state index in [0.29, 0.717) is 0 Å². The minimum Gasteiger partial charge on any atom is -0.256 e. The number of fused-ring (bicyclic) bond motifs is 3. The average molecular weight is 334 g/mol. The maximum absolute atomic E-state index is 4.55. The summed E-state index contributed by atoms with van der Waals surface area (Å²) in [6.45, 7) is 0. The number of rotatable bonds is 1. The fourth-order valence-electron chi connectivity index (χ4n) is 2.81. The molecule has 1 nitrogen and oxygen atoms in total. The van der Waals surface area contributed by atoms with Gasteiger partial charge in [0.15, 0.2) is 0 Å². The molecule has 0 aliphatic rings. The van der Waals surface area contributed by atoms with E-state index in [0.717, 1.165) is 9.99 Å². The molecule has 4 aromatic rings. The smallest absolute Gasteiger partial charge is 0.0780 e. The largest absolute Gasteiger partial charge is 0.256 e. The molecule has 0 amide bonds. The molecule has 3 aromatic carbocycles. The van der Waals surface area contributed by atoms with Gasteiger partial charge in [-0.1, -0.05) is 64.5 Å². The second kappa shape index (κ2) is 4.97. The molecule has 0 bridgehead atoms. The van der Waals surface area contributed by atoms with Crippen LogP contribution in [-0.4, -0.2) is 4.98 Å². The van der Waals surface area contributed by atoms with Gasteiger partial charge in [-0.3, -0.25) is 4.98 Å². The first-order valence-corrected chi connectivity index (χ1v) is 7.65. The Morgan fingerprint density at radius 1 is 0.762 bits per heavy atom. The summed E-state index contributed by atoms with van der Waals surface area (Å²) in [7, 11) is 0. The number of aromatic nitrogens is 1. The van der Waals surface area contributed by atoms with Crippen molar-refractivity contribution >= 4 is 37.6 Å². The van der Waals surface area contributed by atoms with Crippen LogP contribution in [0.4, 0.5) is 0 Å². The van der Waals surface area contributed by atoms with E-state index in [2.05, 4.69) is 75.5 Å². The zero-order valence-corrected chi connectivity index (χ0v) is 12.8. The summed E-state index contributed by atoms with van der Waals surface area (Å²) in [4.78, 5) is 4.55. The quantitative estimate of drug-likeness (QED) is 0.400. The first-order chi connectivity index (χ1) is 10.3. The lowest BCUT2D eigenvalue weighted by Crippen LogP contribution is -1.85. The van der Waals surface area contributed by atoms with Crippen LogP contribution in [0.5, 0.6) is 0 Å². The zero-order chi connectivity index (χ0) is 14.2. The van der Waals surface area contributed by atoms with Gasteiger partial charge in [-0.2, -0.15) is 0 Å². The van der Waals surface area contributed by atoms with Crippen molar-refractivity contribution in [2.24, 2.45) is 0 Å². The second-order valence-corrected chi connectivity index (χ2v) is 5.97. The van der Waals surface area contributed by atoms with Crippen LogP contribution in [-0.2, 0) is 0 Å². The summed E-state index contributed by atoms with van der Waals surface area (Å²) in [5.74, 6) is 0. The Balaban J connectivity index is 2.09. The Labute approximate surface area is 131 Å². The third kappa shape index (κ3) is 2.12. The zero-order valence-electron chi connectivity index (χ0n) is 11.3. The van der Waals surface area contributed by atoms with E-state index in [1.54, 1.807) is 0 Å². The highest BCUT2D eigenvalue weighted by Crippen LogP contribution is 2.33. The predicted molar refractivity (Wildman–Crippen MR) is 92.4 cm³/mol. The highest BCUT2D eigenvalue weighted by atomic mass is 79.9. The molecule has 0 N–H and O–H groups in total. The normalized spacial score (nSPS) is 11.1. The van der Waals surface area contributed by atoms with Crippen molar-refractivity contribution in [1.29, 1.82) is 0 Å². The van der Waals surface area contributed by atoms with Gasteiger partial charge in [0.2, 0.25) is 0 Å². The van der Waals surface area contributed by atoms with Crippen molar-refractivity contribution in [1.82, 2.24) is 4.98 Å². The number of halogens is 1. The van der Waals surface area contributed by atoms with E-state index in [1.165, 1.54) is 27.3 Å². The summed E-state index contributed by atoms with van der Waals surface area (Å²) < 4.78 is 1.09. The molecule has 1 aromatic heterocycles. The molecule has 0 radical (unpaired) electrons. The van der Waals surface area contributed by atoms with Gasteiger partial charge >= 0.3 is 0 Å². The average Bonchev–Trinajstić information content (AvgIpc) is 2.54. The minimum absolute atomic E-state index is 1.06. The number of hydrogen-bond donors (Lipinski definition) is 0. The Bertz CT molecular complexity index is 960. The van der Waals surface area contributed by atoms with Crippen LogP contribution in [0.25, 0.3) is 32.8 Å². The van der Waals surface area contributed by atoms with E-state index in [1.807, 2.05) is 18.3 Å². The highest BCUT2D eigenvalue weighted by molar-refractivity contribution is 9.10. The highest BCUT2D eigenvalue weighted by Gasteiger charge is 2.07. The molecular weight excluding hydrogens is 322 g/mol. The molecule has 0 unspecified atom stereocenters. The van der Waals surface area contributed by atoms with E-state index in [-0.39, 0.29) is 0 Å². The summed E-state index contributed by atoms with van der Waals surface area (Å²) >= 11 is 3.55. The van der Waals surface area contributed by atoms with Crippen LogP contribution >= 0.6 is 15.9 Å². The molecule has 0 saturated carbocycles. The fourth-order valence-corrected chi connectivity index (χ4v) is 3.21. The molecule has 2 heteroatoms. The standard InChI is InChI=1S/C19H12BrN/c20-15-6-1-4-14(12-15)16-7-2-8-18-17(16)10-9-13-5-3-11-21-19(13)18/h1-12H. The van der Waals surface area contributed by atoms with Crippen LogP contribution < -0.4 is 0 Å². The third-order valence-electron chi connectivity index (χ3n) is 3.77. The molecule has 0 aliphatic carbocycles.